The number of hydrogen-bond donors (Lipinski definition) is 0. The maximum atomic E-state index is 13.0. The van der Waals surface area contributed by atoms with E-state index in [9.17, 15) is 4.79 Å². The summed E-state index contributed by atoms with van der Waals surface area (Å²) in [5.74, 6) is 1.47. The van der Waals surface area contributed by atoms with Crippen molar-refractivity contribution in [3.63, 3.8) is 0 Å². The van der Waals surface area contributed by atoms with Crippen molar-refractivity contribution in [1.29, 1.82) is 0 Å². The minimum absolute atomic E-state index is 0.154. The standard InChI is InChI=1S/C24H31N3O5/c1-6-12-29-15-19-14-27(26-25-19)21(18-10-8-7-9-11-18)13-23(2,3)22(28)30-16-20-17-31-24(4,5)32-20/h1,7-11,14,20-21H,12-13,15-17H2,2-5H3. The third-order valence-corrected chi connectivity index (χ3v) is 5.22. The second-order valence-electron chi connectivity index (χ2n) is 8.95. The number of aromatic nitrogens is 3. The van der Waals surface area contributed by atoms with Crippen LogP contribution >= 0.6 is 0 Å². The van der Waals surface area contributed by atoms with Gasteiger partial charge in [0.15, 0.2) is 5.79 Å². The van der Waals surface area contributed by atoms with Crippen LogP contribution in [0.5, 0.6) is 0 Å². The van der Waals surface area contributed by atoms with Gasteiger partial charge in [-0.05, 0) is 39.7 Å². The Bertz CT molecular complexity index is 933. The lowest BCUT2D eigenvalue weighted by molar-refractivity contribution is -0.165. The van der Waals surface area contributed by atoms with Crippen LogP contribution in [0.25, 0.3) is 0 Å². The molecule has 2 atom stereocenters. The molecular formula is C24H31N3O5. The van der Waals surface area contributed by atoms with Crippen molar-refractivity contribution in [2.75, 3.05) is 19.8 Å². The molecule has 0 amide bonds. The van der Waals surface area contributed by atoms with Crippen LogP contribution in [0.3, 0.4) is 0 Å². The Hall–Kier alpha value is -2.73. The predicted molar refractivity (Wildman–Crippen MR) is 117 cm³/mol. The van der Waals surface area contributed by atoms with Gasteiger partial charge in [-0.3, -0.25) is 4.79 Å². The van der Waals surface area contributed by atoms with Gasteiger partial charge in [-0.1, -0.05) is 41.5 Å². The van der Waals surface area contributed by atoms with Crippen molar-refractivity contribution in [1.82, 2.24) is 15.0 Å². The minimum Gasteiger partial charge on any atom is -0.462 e. The van der Waals surface area contributed by atoms with Gasteiger partial charge in [0.1, 0.15) is 25.0 Å². The fraction of sp³-hybridized carbons (Fsp3) is 0.542. The molecule has 0 N–H and O–H groups in total. The molecule has 0 radical (unpaired) electrons. The predicted octanol–water partition coefficient (Wildman–Crippen LogP) is 3.13. The molecule has 1 fully saturated rings. The van der Waals surface area contributed by atoms with Crippen LogP contribution in [-0.4, -0.2) is 52.7 Å². The topological polar surface area (TPSA) is 84.7 Å². The van der Waals surface area contributed by atoms with Gasteiger partial charge in [-0.25, -0.2) is 4.68 Å². The largest absolute Gasteiger partial charge is 0.462 e. The minimum atomic E-state index is -0.776. The summed E-state index contributed by atoms with van der Waals surface area (Å²) in [6, 6.07) is 9.67. The Morgan fingerprint density at radius 3 is 2.78 bits per heavy atom. The molecule has 1 saturated heterocycles. The van der Waals surface area contributed by atoms with E-state index >= 15 is 0 Å². The van der Waals surface area contributed by atoms with Crippen LogP contribution in [0.15, 0.2) is 36.5 Å². The summed E-state index contributed by atoms with van der Waals surface area (Å²) in [4.78, 5) is 13.0. The summed E-state index contributed by atoms with van der Waals surface area (Å²) in [5, 5.41) is 8.47. The zero-order valence-corrected chi connectivity index (χ0v) is 19.1. The van der Waals surface area contributed by atoms with E-state index < -0.39 is 11.2 Å². The summed E-state index contributed by atoms with van der Waals surface area (Å²) in [6.45, 7) is 8.46. The Labute approximate surface area is 189 Å². The highest BCUT2D eigenvalue weighted by Crippen LogP contribution is 2.34. The van der Waals surface area contributed by atoms with Gasteiger partial charge in [0, 0.05) is 0 Å². The van der Waals surface area contributed by atoms with E-state index in [2.05, 4.69) is 16.2 Å². The average Bonchev–Trinajstić information content (AvgIpc) is 3.37. The summed E-state index contributed by atoms with van der Waals surface area (Å²) in [5.41, 5.74) is 0.910. The highest BCUT2D eigenvalue weighted by molar-refractivity contribution is 5.76. The molecule has 0 aliphatic carbocycles. The molecule has 0 spiro atoms. The van der Waals surface area contributed by atoms with E-state index in [0.29, 0.717) is 18.7 Å². The normalized spacial score (nSPS) is 18.8. The van der Waals surface area contributed by atoms with Gasteiger partial charge in [0.25, 0.3) is 0 Å². The smallest absolute Gasteiger partial charge is 0.311 e. The lowest BCUT2D eigenvalue weighted by Crippen LogP contribution is -2.33. The number of carbonyl (C=O) groups is 1. The molecule has 8 nitrogen and oxygen atoms in total. The number of benzene rings is 1. The molecule has 2 aromatic rings. The van der Waals surface area contributed by atoms with Gasteiger partial charge < -0.3 is 18.9 Å². The van der Waals surface area contributed by atoms with Crippen molar-refractivity contribution in [2.45, 2.75) is 58.7 Å². The van der Waals surface area contributed by atoms with Crippen LogP contribution in [0.2, 0.25) is 0 Å². The summed E-state index contributed by atoms with van der Waals surface area (Å²) in [7, 11) is 0. The van der Waals surface area contributed by atoms with Gasteiger partial charge >= 0.3 is 5.97 Å². The summed E-state index contributed by atoms with van der Waals surface area (Å²) >= 11 is 0. The SMILES string of the molecule is C#CCOCc1cn(C(CC(C)(C)C(=O)OCC2COC(C)(C)O2)c2ccccc2)nn1. The Morgan fingerprint density at radius 2 is 2.12 bits per heavy atom. The number of esters is 1. The van der Waals surface area contributed by atoms with E-state index in [1.807, 2.05) is 64.2 Å². The molecule has 32 heavy (non-hydrogen) atoms. The average molecular weight is 442 g/mol. The Balaban J connectivity index is 1.70. The maximum absolute atomic E-state index is 13.0. The first-order chi connectivity index (χ1) is 15.2. The van der Waals surface area contributed by atoms with Gasteiger partial charge in [0.05, 0.1) is 30.9 Å². The molecule has 1 aliphatic rings. The molecule has 0 bridgehead atoms. The molecule has 8 heteroatoms. The van der Waals surface area contributed by atoms with E-state index in [0.717, 1.165) is 5.56 Å². The summed E-state index contributed by atoms with van der Waals surface area (Å²) < 4.78 is 24.0. The van der Waals surface area contributed by atoms with E-state index in [4.69, 9.17) is 25.4 Å². The van der Waals surface area contributed by atoms with E-state index in [1.54, 1.807) is 4.68 Å². The molecule has 172 valence electrons. The molecule has 1 aromatic carbocycles. The number of rotatable bonds is 10. The van der Waals surface area contributed by atoms with Crippen LogP contribution < -0.4 is 0 Å². The van der Waals surface area contributed by atoms with E-state index in [1.165, 1.54) is 0 Å². The second-order valence-corrected chi connectivity index (χ2v) is 8.95. The number of nitrogens with zero attached hydrogens (tertiary/aromatic N) is 3. The van der Waals surface area contributed by atoms with Crippen LogP contribution in [0.1, 0.15) is 51.4 Å². The second kappa shape index (κ2) is 10.3. The van der Waals surface area contributed by atoms with Crippen LogP contribution in [0, 0.1) is 17.8 Å². The van der Waals surface area contributed by atoms with Gasteiger partial charge in [-0.15, -0.1) is 11.5 Å². The van der Waals surface area contributed by atoms with Crippen molar-refractivity contribution in [3.8, 4) is 12.3 Å². The lowest BCUT2D eigenvalue weighted by Gasteiger charge is -2.28. The monoisotopic (exact) mass is 441 g/mol. The Kier molecular flexibility index (Phi) is 7.67. The first-order valence-electron chi connectivity index (χ1n) is 10.7. The highest BCUT2D eigenvalue weighted by Gasteiger charge is 2.37. The zero-order valence-electron chi connectivity index (χ0n) is 19.1. The number of ether oxygens (including phenoxy) is 4. The fourth-order valence-corrected chi connectivity index (χ4v) is 3.56. The number of terminal acetylenes is 1. The third-order valence-electron chi connectivity index (χ3n) is 5.22. The fourth-order valence-electron chi connectivity index (χ4n) is 3.56. The highest BCUT2D eigenvalue weighted by atomic mass is 16.7. The molecule has 2 heterocycles. The quantitative estimate of drug-likeness (QED) is 0.318. The number of carbonyl (C=O) groups excluding carboxylic acids is 1. The van der Waals surface area contributed by atoms with E-state index in [-0.39, 0.29) is 37.9 Å². The molecular weight excluding hydrogens is 410 g/mol. The van der Waals surface area contributed by atoms with Crippen molar-refractivity contribution < 1.29 is 23.7 Å². The molecule has 1 aromatic heterocycles. The molecule has 3 rings (SSSR count). The molecule has 1 aliphatic heterocycles. The first-order valence-corrected chi connectivity index (χ1v) is 10.7. The van der Waals surface area contributed by atoms with Crippen molar-refractivity contribution in [2.24, 2.45) is 5.41 Å². The Morgan fingerprint density at radius 1 is 1.38 bits per heavy atom. The van der Waals surface area contributed by atoms with Gasteiger partial charge in [-0.2, -0.15) is 0 Å². The first kappa shape index (κ1) is 23.9. The van der Waals surface area contributed by atoms with Crippen molar-refractivity contribution in [3.05, 3.63) is 47.8 Å². The summed E-state index contributed by atoms with van der Waals surface area (Å²) in [6.07, 6.45) is 7.25. The van der Waals surface area contributed by atoms with Gasteiger partial charge in [0.2, 0.25) is 0 Å². The van der Waals surface area contributed by atoms with Crippen LogP contribution in [-0.2, 0) is 30.3 Å². The van der Waals surface area contributed by atoms with Crippen molar-refractivity contribution >= 4 is 5.97 Å². The molecule has 0 saturated carbocycles. The lowest BCUT2D eigenvalue weighted by atomic mass is 9.83. The maximum Gasteiger partial charge on any atom is 0.311 e. The van der Waals surface area contributed by atoms with Crippen LogP contribution in [0.4, 0.5) is 0 Å². The molecule has 2 unspecified atom stereocenters. The zero-order chi connectivity index (χ0) is 23.2. The third kappa shape index (κ3) is 6.39. The number of hydrogen-bond acceptors (Lipinski definition) is 7.